The summed E-state index contributed by atoms with van der Waals surface area (Å²) in [6, 6.07) is 4.71. The van der Waals surface area contributed by atoms with Gasteiger partial charge < -0.3 is 10.6 Å². The zero-order valence-electron chi connectivity index (χ0n) is 13.7. The van der Waals surface area contributed by atoms with Gasteiger partial charge in [0, 0.05) is 31.2 Å². The van der Waals surface area contributed by atoms with Gasteiger partial charge in [0.25, 0.3) is 5.91 Å². The third-order valence-corrected chi connectivity index (χ3v) is 5.79. The number of hydrogen-bond donors (Lipinski definition) is 2. The van der Waals surface area contributed by atoms with E-state index >= 15 is 0 Å². The van der Waals surface area contributed by atoms with E-state index in [1.54, 1.807) is 17.9 Å². The number of hydrogen-bond acceptors (Lipinski definition) is 4. The van der Waals surface area contributed by atoms with Crippen LogP contribution in [0.2, 0.25) is 0 Å². The molecular weight excluding hydrogens is 314 g/mol. The highest BCUT2D eigenvalue weighted by Gasteiger charge is 2.28. The molecule has 1 aliphatic rings. The molecule has 2 rings (SSSR count). The Bertz CT molecular complexity index is 673. The first-order valence-electron chi connectivity index (χ1n) is 8.02. The van der Waals surface area contributed by atoms with Crippen LogP contribution < -0.4 is 10.5 Å². The van der Waals surface area contributed by atoms with Gasteiger partial charge in [-0.1, -0.05) is 13.0 Å². The van der Waals surface area contributed by atoms with E-state index in [4.69, 9.17) is 5.73 Å². The van der Waals surface area contributed by atoms with Gasteiger partial charge >= 0.3 is 0 Å². The van der Waals surface area contributed by atoms with E-state index in [1.807, 2.05) is 6.92 Å². The Balaban J connectivity index is 2.36. The SMILES string of the molecule is CCNS(=O)(=O)c1ccc(C)c(C(=O)N2CCCCC2CN)c1. The van der Waals surface area contributed by atoms with Crippen molar-refractivity contribution in [2.24, 2.45) is 5.73 Å². The molecule has 23 heavy (non-hydrogen) atoms. The number of benzene rings is 1. The van der Waals surface area contributed by atoms with Crippen molar-refractivity contribution in [3.63, 3.8) is 0 Å². The van der Waals surface area contributed by atoms with Gasteiger partial charge in [-0.2, -0.15) is 0 Å². The average molecular weight is 339 g/mol. The fourth-order valence-electron chi connectivity index (χ4n) is 2.94. The molecule has 1 heterocycles. The molecule has 0 bridgehead atoms. The topological polar surface area (TPSA) is 92.5 Å². The number of nitrogens with two attached hydrogens (primary N) is 1. The summed E-state index contributed by atoms with van der Waals surface area (Å²) < 4.78 is 26.8. The van der Waals surface area contributed by atoms with Gasteiger partial charge in [-0.05, 0) is 43.9 Å². The molecule has 1 aromatic rings. The van der Waals surface area contributed by atoms with Crippen LogP contribution in [0.25, 0.3) is 0 Å². The molecule has 0 spiro atoms. The van der Waals surface area contributed by atoms with E-state index in [9.17, 15) is 13.2 Å². The van der Waals surface area contributed by atoms with E-state index in [0.29, 0.717) is 25.2 Å². The second-order valence-electron chi connectivity index (χ2n) is 5.86. The number of nitrogens with zero attached hydrogens (tertiary/aromatic N) is 1. The molecule has 1 aliphatic heterocycles. The quantitative estimate of drug-likeness (QED) is 0.844. The van der Waals surface area contributed by atoms with Crippen molar-refractivity contribution in [3.8, 4) is 0 Å². The maximum atomic E-state index is 12.9. The summed E-state index contributed by atoms with van der Waals surface area (Å²) in [4.78, 5) is 14.8. The molecule has 1 aromatic carbocycles. The van der Waals surface area contributed by atoms with Gasteiger partial charge in [0.05, 0.1) is 4.90 Å². The maximum absolute atomic E-state index is 12.9. The minimum Gasteiger partial charge on any atom is -0.334 e. The second kappa shape index (κ2) is 7.42. The van der Waals surface area contributed by atoms with Crippen LogP contribution in [-0.2, 0) is 10.0 Å². The lowest BCUT2D eigenvalue weighted by atomic mass is 9.99. The van der Waals surface area contributed by atoms with Crippen molar-refractivity contribution in [1.29, 1.82) is 0 Å². The summed E-state index contributed by atoms with van der Waals surface area (Å²) in [5, 5.41) is 0. The molecular formula is C16H25N3O3S. The lowest BCUT2D eigenvalue weighted by Gasteiger charge is -2.35. The van der Waals surface area contributed by atoms with Crippen molar-refractivity contribution in [2.45, 2.75) is 44.0 Å². The number of likely N-dealkylation sites (tertiary alicyclic amines) is 1. The molecule has 0 aromatic heterocycles. The Labute approximate surface area is 138 Å². The summed E-state index contributed by atoms with van der Waals surface area (Å²) in [6.07, 6.45) is 2.92. The molecule has 1 atom stereocenters. The minimum atomic E-state index is -3.58. The van der Waals surface area contributed by atoms with Crippen LogP contribution in [-0.4, -0.2) is 44.9 Å². The summed E-state index contributed by atoms with van der Waals surface area (Å²) in [7, 11) is -3.58. The van der Waals surface area contributed by atoms with Crippen molar-refractivity contribution < 1.29 is 13.2 Å². The molecule has 7 heteroatoms. The predicted molar refractivity (Wildman–Crippen MR) is 89.8 cm³/mol. The summed E-state index contributed by atoms with van der Waals surface area (Å²) in [5.74, 6) is -0.133. The molecule has 1 saturated heterocycles. The normalized spacial score (nSPS) is 18.9. The Hall–Kier alpha value is -1.44. The largest absolute Gasteiger partial charge is 0.334 e. The zero-order chi connectivity index (χ0) is 17.0. The van der Waals surface area contributed by atoms with Crippen LogP contribution in [0.4, 0.5) is 0 Å². The third-order valence-electron chi connectivity index (χ3n) is 4.24. The minimum absolute atomic E-state index is 0.0321. The monoisotopic (exact) mass is 339 g/mol. The second-order valence-corrected chi connectivity index (χ2v) is 7.63. The van der Waals surface area contributed by atoms with Gasteiger partial charge in [0.1, 0.15) is 0 Å². The summed E-state index contributed by atoms with van der Waals surface area (Å²) in [5.41, 5.74) is 6.99. The first-order chi connectivity index (χ1) is 10.9. The Morgan fingerprint density at radius 2 is 2.13 bits per heavy atom. The van der Waals surface area contributed by atoms with Crippen molar-refractivity contribution in [2.75, 3.05) is 19.6 Å². The number of nitrogens with one attached hydrogen (secondary N) is 1. The van der Waals surface area contributed by atoms with E-state index < -0.39 is 10.0 Å². The fraction of sp³-hybridized carbons (Fsp3) is 0.562. The van der Waals surface area contributed by atoms with Gasteiger partial charge in [-0.25, -0.2) is 13.1 Å². The lowest BCUT2D eigenvalue weighted by Crippen LogP contribution is -2.47. The highest BCUT2D eigenvalue weighted by atomic mass is 32.2. The van der Waals surface area contributed by atoms with Crippen LogP contribution in [0.3, 0.4) is 0 Å². The van der Waals surface area contributed by atoms with Gasteiger partial charge in [0.15, 0.2) is 0 Å². The van der Waals surface area contributed by atoms with Crippen LogP contribution in [0.1, 0.15) is 42.1 Å². The number of sulfonamides is 1. The molecule has 1 unspecified atom stereocenters. The highest BCUT2D eigenvalue weighted by Crippen LogP contribution is 2.22. The third kappa shape index (κ3) is 3.91. The van der Waals surface area contributed by atoms with Crippen LogP contribution in [0.15, 0.2) is 23.1 Å². The number of carbonyl (C=O) groups is 1. The molecule has 0 radical (unpaired) electrons. The van der Waals surface area contributed by atoms with Crippen LogP contribution >= 0.6 is 0 Å². The molecule has 1 amide bonds. The Kier molecular flexibility index (Phi) is 5.78. The predicted octanol–water partition coefficient (Wildman–Crippen LogP) is 1.25. The standard InChI is InChI=1S/C16H25N3O3S/c1-3-18-23(21,22)14-8-7-12(2)15(10-14)16(20)19-9-5-4-6-13(19)11-17/h7-8,10,13,18H,3-6,9,11,17H2,1-2H3. The molecule has 0 aliphatic carbocycles. The highest BCUT2D eigenvalue weighted by molar-refractivity contribution is 7.89. The lowest BCUT2D eigenvalue weighted by molar-refractivity contribution is 0.0622. The van der Waals surface area contributed by atoms with Gasteiger partial charge in [-0.15, -0.1) is 0 Å². The van der Waals surface area contributed by atoms with Crippen LogP contribution in [0, 0.1) is 6.92 Å². The van der Waals surface area contributed by atoms with E-state index in [1.165, 1.54) is 12.1 Å². The van der Waals surface area contributed by atoms with Gasteiger partial charge in [-0.3, -0.25) is 4.79 Å². The Morgan fingerprint density at radius 3 is 2.78 bits per heavy atom. The first-order valence-corrected chi connectivity index (χ1v) is 9.50. The number of piperidine rings is 1. The summed E-state index contributed by atoms with van der Waals surface area (Å²) in [6.45, 7) is 4.95. The summed E-state index contributed by atoms with van der Waals surface area (Å²) >= 11 is 0. The smallest absolute Gasteiger partial charge is 0.254 e. The van der Waals surface area contributed by atoms with Crippen molar-refractivity contribution >= 4 is 15.9 Å². The van der Waals surface area contributed by atoms with Crippen molar-refractivity contribution in [3.05, 3.63) is 29.3 Å². The first kappa shape index (κ1) is 17.9. The van der Waals surface area contributed by atoms with E-state index in [2.05, 4.69) is 4.72 Å². The number of carbonyl (C=O) groups excluding carboxylic acids is 1. The average Bonchev–Trinajstić information content (AvgIpc) is 2.54. The van der Waals surface area contributed by atoms with Gasteiger partial charge in [0.2, 0.25) is 10.0 Å². The maximum Gasteiger partial charge on any atom is 0.254 e. The Morgan fingerprint density at radius 1 is 1.39 bits per heavy atom. The molecule has 128 valence electrons. The molecule has 6 nitrogen and oxygen atoms in total. The zero-order valence-corrected chi connectivity index (χ0v) is 14.5. The molecule has 3 N–H and O–H groups in total. The number of amides is 1. The van der Waals surface area contributed by atoms with E-state index in [0.717, 1.165) is 24.8 Å². The molecule has 0 saturated carbocycles. The number of aryl methyl sites for hydroxylation is 1. The fourth-order valence-corrected chi connectivity index (χ4v) is 4.01. The number of rotatable bonds is 5. The molecule has 1 fully saturated rings. The van der Waals surface area contributed by atoms with Crippen LogP contribution in [0.5, 0.6) is 0 Å². The van der Waals surface area contributed by atoms with E-state index in [-0.39, 0.29) is 16.8 Å². The van der Waals surface area contributed by atoms with Crippen molar-refractivity contribution in [1.82, 2.24) is 9.62 Å².